The molecule has 108 valence electrons. The minimum Gasteiger partial charge on any atom is -0.495 e. The molecule has 5 nitrogen and oxygen atoms in total. The molecular formula is C14H18ClN3O2. The first-order valence-electron chi connectivity index (χ1n) is 6.28. The van der Waals surface area contributed by atoms with Crippen molar-refractivity contribution in [2.75, 3.05) is 32.7 Å². The number of methoxy groups -OCH3 is 2. The average molecular weight is 296 g/mol. The van der Waals surface area contributed by atoms with E-state index in [1.54, 1.807) is 14.2 Å². The van der Waals surface area contributed by atoms with E-state index in [2.05, 4.69) is 10.3 Å². The van der Waals surface area contributed by atoms with Crippen molar-refractivity contribution in [3.8, 4) is 11.4 Å². The van der Waals surface area contributed by atoms with E-state index in [0.29, 0.717) is 23.9 Å². The summed E-state index contributed by atoms with van der Waals surface area (Å²) in [5.74, 6) is 1.42. The second-order valence-electron chi connectivity index (χ2n) is 4.31. The van der Waals surface area contributed by atoms with E-state index < -0.39 is 0 Å². The number of rotatable bonds is 6. The Morgan fingerprint density at radius 2 is 2.15 bits per heavy atom. The molecule has 1 N–H and O–H groups in total. The molecule has 20 heavy (non-hydrogen) atoms. The molecule has 0 saturated heterocycles. The predicted octanol–water partition coefficient (Wildman–Crippen LogP) is 2.90. The highest BCUT2D eigenvalue weighted by atomic mass is 35.5. The Hall–Kier alpha value is -1.72. The zero-order chi connectivity index (χ0) is 14.5. The van der Waals surface area contributed by atoms with E-state index in [1.165, 1.54) is 0 Å². The van der Waals surface area contributed by atoms with Gasteiger partial charge >= 0.3 is 0 Å². The Labute approximate surface area is 123 Å². The van der Waals surface area contributed by atoms with Gasteiger partial charge in [0.15, 0.2) is 0 Å². The molecule has 1 heterocycles. The van der Waals surface area contributed by atoms with Gasteiger partial charge in [-0.05, 0) is 25.1 Å². The van der Waals surface area contributed by atoms with E-state index >= 15 is 0 Å². The van der Waals surface area contributed by atoms with Crippen LogP contribution >= 0.6 is 11.6 Å². The summed E-state index contributed by atoms with van der Waals surface area (Å²) in [6, 6.07) is 5.63. The molecule has 0 saturated carbocycles. The molecule has 0 amide bonds. The van der Waals surface area contributed by atoms with Crippen LogP contribution in [0, 0.1) is 6.92 Å². The highest BCUT2D eigenvalue weighted by Gasteiger charge is 2.09. The molecule has 0 aliphatic carbocycles. The lowest BCUT2D eigenvalue weighted by Crippen LogP contribution is -2.11. The number of nitrogens with one attached hydrogen (secondary N) is 1. The second kappa shape index (κ2) is 6.63. The second-order valence-corrected chi connectivity index (χ2v) is 4.72. The number of halogens is 1. The Bertz CT molecular complexity index is 584. The SMILES string of the molecule is COCCNc1nc(C)cn1-c1ccc(OC)c(Cl)c1. The molecule has 0 unspecified atom stereocenters. The summed E-state index contributed by atoms with van der Waals surface area (Å²) < 4.78 is 12.1. The first-order chi connectivity index (χ1) is 9.65. The molecule has 0 aliphatic heterocycles. The van der Waals surface area contributed by atoms with Gasteiger partial charge in [-0.3, -0.25) is 4.57 Å². The van der Waals surface area contributed by atoms with E-state index in [9.17, 15) is 0 Å². The maximum Gasteiger partial charge on any atom is 0.207 e. The predicted molar refractivity (Wildman–Crippen MR) is 80.2 cm³/mol. The summed E-state index contributed by atoms with van der Waals surface area (Å²) >= 11 is 6.17. The summed E-state index contributed by atoms with van der Waals surface area (Å²) in [6.45, 7) is 3.26. The van der Waals surface area contributed by atoms with Crippen LogP contribution in [0.3, 0.4) is 0 Å². The molecule has 0 bridgehead atoms. The summed E-state index contributed by atoms with van der Waals surface area (Å²) in [6.07, 6.45) is 1.95. The van der Waals surface area contributed by atoms with Crippen molar-refractivity contribution in [1.82, 2.24) is 9.55 Å². The normalized spacial score (nSPS) is 10.6. The van der Waals surface area contributed by atoms with Crippen LogP contribution in [-0.4, -0.2) is 36.9 Å². The van der Waals surface area contributed by atoms with Gasteiger partial charge < -0.3 is 14.8 Å². The Morgan fingerprint density at radius 1 is 1.35 bits per heavy atom. The average Bonchev–Trinajstić information content (AvgIpc) is 2.80. The van der Waals surface area contributed by atoms with Crippen LogP contribution in [0.1, 0.15) is 5.69 Å². The minimum absolute atomic E-state index is 0.569. The van der Waals surface area contributed by atoms with E-state index in [0.717, 1.165) is 17.3 Å². The number of ether oxygens (including phenoxy) is 2. The highest BCUT2D eigenvalue weighted by molar-refractivity contribution is 6.32. The largest absolute Gasteiger partial charge is 0.495 e. The van der Waals surface area contributed by atoms with Crippen LogP contribution in [0.5, 0.6) is 5.75 Å². The lowest BCUT2D eigenvalue weighted by atomic mass is 10.3. The smallest absolute Gasteiger partial charge is 0.207 e. The van der Waals surface area contributed by atoms with Crippen molar-refractivity contribution < 1.29 is 9.47 Å². The Morgan fingerprint density at radius 3 is 2.80 bits per heavy atom. The van der Waals surface area contributed by atoms with Gasteiger partial charge in [0.05, 0.1) is 30.1 Å². The minimum atomic E-state index is 0.569. The molecular weight excluding hydrogens is 278 g/mol. The number of imidazole rings is 1. The monoisotopic (exact) mass is 295 g/mol. The van der Waals surface area contributed by atoms with Crippen molar-refractivity contribution in [1.29, 1.82) is 0 Å². The fraction of sp³-hybridized carbons (Fsp3) is 0.357. The van der Waals surface area contributed by atoms with Gasteiger partial charge in [-0.15, -0.1) is 0 Å². The Kier molecular flexibility index (Phi) is 4.87. The molecule has 1 aromatic carbocycles. The van der Waals surface area contributed by atoms with Crippen LogP contribution in [0.15, 0.2) is 24.4 Å². The number of aromatic nitrogens is 2. The molecule has 2 aromatic rings. The lowest BCUT2D eigenvalue weighted by Gasteiger charge is -2.11. The zero-order valence-corrected chi connectivity index (χ0v) is 12.6. The van der Waals surface area contributed by atoms with Crippen molar-refractivity contribution in [2.24, 2.45) is 0 Å². The first kappa shape index (κ1) is 14.7. The fourth-order valence-electron chi connectivity index (χ4n) is 1.89. The van der Waals surface area contributed by atoms with Crippen molar-refractivity contribution in [3.63, 3.8) is 0 Å². The zero-order valence-electron chi connectivity index (χ0n) is 11.8. The van der Waals surface area contributed by atoms with Crippen molar-refractivity contribution in [2.45, 2.75) is 6.92 Å². The van der Waals surface area contributed by atoms with Crippen molar-refractivity contribution >= 4 is 17.5 Å². The number of nitrogens with zero attached hydrogens (tertiary/aromatic N) is 2. The number of aryl methyl sites for hydroxylation is 1. The number of hydrogen-bond donors (Lipinski definition) is 1. The van der Waals surface area contributed by atoms with Gasteiger partial charge in [0, 0.05) is 19.9 Å². The van der Waals surface area contributed by atoms with Gasteiger partial charge in [-0.1, -0.05) is 11.6 Å². The fourth-order valence-corrected chi connectivity index (χ4v) is 2.14. The molecule has 0 aliphatic rings. The van der Waals surface area contributed by atoms with Gasteiger partial charge in [0.1, 0.15) is 5.75 Å². The van der Waals surface area contributed by atoms with Gasteiger partial charge in [-0.2, -0.15) is 0 Å². The third-order valence-corrected chi connectivity index (χ3v) is 3.12. The Balaban J connectivity index is 2.29. The molecule has 2 rings (SSSR count). The molecule has 0 spiro atoms. The quantitative estimate of drug-likeness (QED) is 0.833. The topological polar surface area (TPSA) is 48.3 Å². The maximum atomic E-state index is 6.17. The molecule has 0 radical (unpaired) electrons. The van der Waals surface area contributed by atoms with Gasteiger partial charge in [0.25, 0.3) is 0 Å². The lowest BCUT2D eigenvalue weighted by molar-refractivity contribution is 0.210. The molecule has 6 heteroatoms. The number of anilines is 1. The van der Waals surface area contributed by atoms with Crippen LogP contribution in [0.2, 0.25) is 5.02 Å². The third-order valence-electron chi connectivity index (χ3n) is 2.83. The highest BCUT2D eigenvalue weighted by Crippen LogP contribution is 2.28. The van der Waals surface area contributed by atoms with Gasteiger partial charge in [-0.25, -0.2) is 4.98 Å². The summed E-state index contributed by atoms with van der Waals surface area (Å²) in [4.78, 5) is 4.45. The molecule has 0 fully saturated rings. The summed E-state index contributed by atoms with van der Waals surface area (Å²) in [7, 11) is 3.27. The summed E-state index contributed by atoms with van der Waals surface area (Å²) in [5, 5.41) is 3.80. The van der Waals surface area contributed by atoms with Crippen LogP contribution < -0.4 is 10.1 Å². The first-order valence-corrected chi connectivity index (χ1v) is 6.66. The van der Waals surface area contributed by atoms with E-state index in [1.807, 2.05) is 35.9 Å². The van der Waals surface area contributed by atoms with Crippen molar-refractivity contribution in [3.05, 3.63) is 35.1 Å². The molecule has 0 atom stereocenters. The number of hydrogen-bond acceptors (Lipinski definition) is 4. The molecule has 1 aromatic heterocycles. The number of benzene rings is 1. The van der Waals surface area contributed by atoms with Crippen LogP contribution in [0.25, 0.3) is 5.69 Å². The van der Waals surface area contributed by atoms with Gasteiger partial charge in [0.2, 0.25) is 5.95 Å². The summed E-state index contributed by atoms with van der Waals surface area (Å²) in [5.41, 5.74) is 1.85. The van der Waals surface area contributed by atoms with Crippen LogP contribution in [0.4, 0.5) is 5.95 Å². The van der Waals surface area contributed by atoms with E-state index in [4.69, 9.17) is 21.1 Å². The maximum absolute atomic E-state index is 6.17. The van der Waals surface area contributed by atoms with E-state index in [-0.39, 0.29) is 0 Å². The van der Waals surface area contributed by atoms with Crippen LogP contribution in [-0.2, 0) is 4.74 Å². The standard InChI is InChI=1S/C14H18ClN3O2/c1-10-9-18(14(17-10)16-6-7-19-2)11-4-5-13(20-3)12(15)8-11/h4-5,8-9H,6-7H2,1-3H3,(H,16,17). The third kappa shape index (κ3) is 3.23.